The van der Waals surface area contributed by atoms with E-state index in [1.807, 2.05) is 0 Å². The van der Waals surface area contributed by atoms with Gasteiger partial charge in [0.2, 0.25) is 0 Å². The van der Waals surface area contributed by atoms with Gasteiger partial charge < -0.3 is 5.32 Å². The number of rotatable bonds is 3. The number of hydrogen-bond acceptors (Lipinski definition) is 4. The smallest absolute Gasteiger partial charge is 0.131 e. The molecule has 1 saturated carbocycles. The van der Waals surface area contributed by atoms with Crippen LogP contribution in [0.3, 0.4) is 0 Å². The third-order valence-corrected chi connectivity index (χ3v) is 3.46. The van der Waals surface area contributed by atoms with Gasteiger partial charge >= 0.3 is 0 Å². The molecule has 17 heavy (non-hydrogen) atoms. The summed E-state index contributed by atoms with van der Waals surface area (Å²) >= 11 is 0. The Morgan fingerprint density at radius 1 is 1.29 bits per heavy atom. The minimum atomic E-state index is 0.650. The van der Waals surface area contributed by atoms with Gasteiger partial charge in [-0.2, -0.15) is 0 Å². The summed E-state index contributed by atoms with van der Waals surface area (Å²) in [6.45, 7) is 7.50. The monoisotopic (exact) mass is 232 g/mol. The lowest BCUT2D eigenvalue weighted by atomic mass is 10.2. The number of aryl methyl sites for hydroxylation is 1. The van der Waals surface area contributed by atoms with Crippen LogP contribution in [0.25, 0.3) is 0 Å². The molecule has 0 unspecified atom stereocenters. The van der Waals surface area contributed by atoms with Crippen LogP contribution in [0.4, 0.5) is 0 Å². The molecule has 0 aromatic carbocycles. The molecule has 2 fully saturated rings. The highest BCUT2D eigenvalue weighted by Gasteiger charge is 2.27. The van der Waals surface area contributed by atoms with Gasteiger partial charge in [-0.15, -0.1) is 0 Å². The number of nitrogens with one attached hydrogen (secondary N) is 1. The van der Waals surface area contributed by atoms with Gasteiger partial charge in [0, 0.05) is 44.3 Å². The predicted octanol–water partition coefficient (Wildman–Crippen LogP) is 1.07. The van der Waals surface area contributed by atoms with Crippen LogP contribution >= 0.6 is 0 Å². The third-order valence-electron chi connectivity index (χ3n) is 3.46. The van der Waals surface area contributed by atoms with E-state index in [9.17, 15) is 0 Å². The fourth-order valence-electron chi connectivity index (χ4n) is 2.36. The minimum absolute atomic E-state index is 0.650. The molecule has 1 N–H and O–H groups in total. The summed E-state index contributed by atoms with van der Waals surface area (Å²) in [5.41, 5.74) is 2.31. The third kappa shape index (κ3) is 2.82. The summed E-state index contributed by atoms with van der Waals surface area (Å²) < 4.78 is 0. The molecule has 0 spiro atoms. The van der Waals surface area contributed by atoms with Crippen molar-refractivity contribution >= 4 is 0 Å². The summed E-state index contributed by atoms with van der Waals surface area (Å²) in [7, 11) is 0. The number of hydrogen-bond donors (Lipinski definition) is 1. The molecule has 4 heteroatoms. The van der Waals surface area contributed by atoms with Gasteiger partial charge in [0.05, 0.1) is 5.69 Å². The second-order valence-corrected chi connectivity index (χ2v) is 5.16. The molecule has 2 heterocycles. The maximum atomic E-state index is 4.72. The zero-order valence-corrected chi connectivity index (χ0v) is 10.4. The van der Waals surface area contributed by atoms with Crippen molar-refractivity contribution in [3.05, 3.63) is 23.3 Å². The molecule has 4 nitrogen and oxygen atoms in total. The van der Waals surface area contributed by atoms with Crippen molar-refractivity contribution in [2.24, 2.45) is 0 Å². The molecule has 0 amide bonds. The first kappa shape index (κ1) is 11.1. The van der Waals surface area contributed by atoms with E-state index in [0.717, 1.165) is 44.2 Å². The maximum Gasteiger partial charge on any atom is 0.131 e. The second kappa shape index (κ2) is 4.70. The first-order chi connectivity index (χ1) is 8.31. The molecule has 1 aromatic heterocycles. The average Bonchev–Trinajstić information content (AvgIpc) is 3.13. The molecule has 1 aliphatic heterocycles. The molecule has 0 atom stereocenters. The van der Waals surface area contributed by atoms with Crippen molar-refractivity contribution < 1.29 is 0 Å². The standard InChI is InChI=1S/C13H20N4/c1-10-8-12(9-17-6-4-14-5-7-17)16-13(15-10)11-2-3-11/h8,11,14H,2-7,9H2,1H3. The van der Waals surface area contributed by atoms with E-state index >= 15 is 0 Å². The van der Waals surface area contributed by atoms with Crippen molar-refractivity contribution in [2.45, 2.75) is 32.2 Å². The molecule has 92 valence electrons. The topological polar surface area (TPSA) is 41.0 Å². The summed E-state index contributed by atoms with van der Waals surface area (Å²) in [6.07, 6.45) is 2.55. The Morgan fingerprint density at radius 2 is 2.06 bits per heavy atom. The van der Waals surface area contributed by atoms with Crippen LogP contribution in [0.5, 0.6) is 0 Å². The highest BCUT2D eigenvalue weighted by atomic mass is 15.2. The van der Waals surface area contributed by atoms with Crippen LogP contribution in [0, 0.1) is 6.92 Å². The van der Waals surface area contributed by atoms with Crippen molar-refractivity contribution in [1.29, 1.82) is 0 Å². The normalized spacial score (nSPS) is 21.7. The Bertz CT molecular complexity index is 394. The Morgan fingerprint density at radius 3 is 2.76 bits per heavy atom. The van der Waals surface area contributed by atoms with E-state index in [1.54, 1.807) is 0 Å². The Labute approximate surface area is 102 Å². The number of nitrogens with zero attached hydrogens (tertiary/aromatic N) is 3. The molecule has 3 rings (SSSR count). The molecule has 1 aliphatic carbocycles. The van der Waals surface area contributed by atoms with Gasteiger partial charge in [-0.3, -0.25) is 4.90 Å². The average molecular weight is 232 g/mol. The molecular weight excluding hydrogens is 212 g/mol. The van der Waals surface area contributed by atoms with E-state index in [1.165, 1.54) is 18.5 Å². The number of aromatic nitrogens is 2. The largest absolute Gasteiger partial charge is 0.314 e. The lowest BCUT2D eigenvalue weighted by molar-refractivity contribution is 0.230. The quantitative estimate of drug-likeness (QED) is 0.846. The molecule has 0 bridgehead atoms. The summed E-state index contributed by atoms with van der Waals surface area (Å²) in [6, 6.07) is 2.13. The molecule has 0 radical (unpaired) electrons. The van der Waals surface area contributed by atoms with Gasteiger partial charge in [0.1, 0.15) is 5.82 Å². The predicted molar refractivity (Wildman–Crippen MR) is 66.9 cm³/mol. The van der Waals surface area contributed by atoms with Gasteiger partial charge in [0.15, 0.2) is 0 Å². The molecule has 1 aromatic rings. The lowest BCUT2D eigenvalue weighted by Crippen LogP contribution is -2.43. The summed E-state index contributed by atoms with van der Waals surface area (Å²) in [4.78, 5) is 11.7. The first-order valence-electron chi connectivity index (χ1n) is 6.59. The van der Waals surface area contributed by atoms with Crippen LogP contribution in [-0.2, 0) is 6.54 Å². The molecule has 2 aliphatic rings. The van der Waals surface area contributed by atoms with Crippen molar-refractivity contribution in [1.82, 2.24) is 20.2 Å². The van der Waals surface area contributed by atoms with Gasteiger partial charge in [-0.05, 0) is 25.8 Å². The van der Waals surface area contributed by atoms with Gasteiger partial charge in [0.25, 0.3) is 0 Å². The highest BCUT2D eigenvalue weighted by molar-refractivity contribution is 5.15. The van der Waals surface area contributed by atoms with E-state index in [0.29, 0.717) is 5.92 Å². The minimum Gasteiger partial charge on any atom is -0.314 e. The Kier molecular flexibility index (Phi) is 3.07. The molecular formula is C13H20N4. The van der Waals surface area contributed by atoms with E-state index in [2.05, 4.69) is 28.2 Å². The zero-order chi connectivity index (χ0) is 11.7. The van der Waals surface area contributed by atoms with Crippen molar-refractivity contribution in [3.63, 3.8) is 0 Å². The fourth-order valence-corrected chi connectivity index (χ4v) is 2.36. The van der Waals surface area contributed by atoms with Crippen molar-refractivity contribution in [2.75, 3.05) is 26.2 Å². The highest BCUT2D eigenvalue weighted by Crippen LogP contribution is 2.38. The zero-order valence-electron chi connectivity index (χ0n) is 10.4. The summed E-state index contributed by atoms with van der Waals surface area (Å²) in [5.74, 6) is 1.73. The van der Waals surface area contributed by atoms with Crippen LogP contribution in [0.15, 0.2) is 6.07 Å². The first-order valence-corrected chi connectivity index (χ1v) is 6.59. The van der Waals surface area contributed by atoms with Crippen LogP contribution < -0.4 is 5.32 Å². The van der Waals surface area contributed by atoms with E-state index in [-0.39, 0.29) is 0 Å². The number of piperazine rings is 1. The fraction of sp³-hybridized carbons (Fsp3) is 0.692. The van der Waals surface area contributed by atoms with Crippen LogP contribution in [-0.4, -0.2) is 41.0 Å². The van der Waals surface area contributed by atoms with E-state index in [4.69, 9.17) is 4.98 Å². The lowest BCUT2D eigenvalue weighted by Gasteiger charge is -2.26. The SMILES string of the molecule is Cc1cc(CN2CCNCC2)nc(C2CC2)n1. The Hall–Kier alpha value is -1.00. The van der Waals surface area contributed by atoms with Crippen LogP contribution in [0.2, 0.25) is 0 Å². The van der Waals surface area contributed by atoms with Crippen molar-refractivity contribution in [3.8, 4) is 0 Å². The Balaban J connectivity index is 1.72. The van der Waals surface area contributed by atoms with Crippen LogP contribution in [0.1, 0.15) is 36.0 Å². The molecule has 1 saturated heterocycles. The summed E-state index contributed by atoms with van der Waals surface area (Å²) in [5, 5.41) is 3.38. The van der Waals surface area contributed by atoms with Gasteiger partial charge in [-0.1, -0.05) is 0 Å². The van der Waals surface area contributed by atoms with E-state index < -0.39 is 0 Å². The second-order valence-electron chi connectivity index (χ2n) is 5.16. The van der Waals surface area contributed by atoms with Gasteiger partial charge in [-0.25, -0.2) is 9.97 Å². The maximum absolute atomic E-state index is 4.72.